The summed E-state index contributed by atoms with van der Waals surface area (Å²) in [6, 6.07) is 8.22. The molecule has 1 aromatic carbocycles. The zero-order valence-corrected chi connectivity index (χ0v) is 15.6. The van der Waals surface area contributed by atoms with Crippen LogP contribution in [0.4, 0.5) is 5.69 Å². The van der Waals surface area contributed by atoms with Gasteiger partial charge in [0.2, 0.25) is 11.0 Å². The van der Waals surface area contributed by atoms with E-state index >= 15 is 0 Å². The average Bonchev–Trinajstić information content (AvgIpc) is 2.73. The number of anilines is 1. The van der Waals surface area contributed by atoms with Crippen LogP contribution in [0.5, 0.6) is 5.88 Å². The van der Waals surface area contributed by atoms with E-state index in [1.165, 1.54) is 6.42 Å². The average molecular weight is 356 g/mol. The number of thioether (sulfide) groups is 1. The second kappa shape index (κ2) is 6.83. The van der Waals surface area contributed by atoms with E-state index in [1.807, 2.05) is 12.1 Å². The van der Waals surface area contributed by atoms with E-state index in [1.54, 1.807) is 11.8 Å². The van der Waals surface area contributed by atoms with Crippen LogP contribution in [0.3, 0.4) is 0 Å². The van der Waals surface area contributed by atoms with Crippen molar-refractivity contribution >= 4 is 17.4 Å². The predicted molar refractivity (Wildman–Crippen MR) is 101 cm³/mol. The Kier molecular flexibility index (Phi) is 4.54. The first-order valence-electron chi connectivity index (χ1n) is 9.13. The molecule has 1 saturated carbocycles. The summed E-state index contributed by atoms with van der Waals surface area (Å²) >= 11 is 1.63. The molecular formula is C19H24N4OS. The van der Waals surface area contributed by atoms with Crippen LogP contribution in [0.15, 0.2) is 29.4 Å². The Morgan fingerprint density at radius 3 is 3.04 bits per heavy atom. The number of nitrogens with zero attached hydrogens (tertiary/aromatic N) is 3. The fourth-order valence-electron chi connectivity index (χ4n) is 3.76. The minimum Gasteiger partial charge on any atom is -0.449 e. The maximum Gasteiger partial charge on any atom is 0.247 e. The van der Waals surface area contributed by atoms with Gasteiger partial charge >= 0.3 is 0 Å². The van der Waals surface area contributed by atoms with Crippen LogP contribution in [0.25, 0.3) is 11.3 Å². The lowest BCUT2D eigenvalue weighted by atomic mass is 9.84. The molecule has 6 heteroatoms. The Balaban J connectivity index is 1.79. The van der Waals surface area contributed by atoms with E-state index in [9.17, 15) is 0 Å². The number of benzene rings is 1. The lowest BCUT2D eigenvalue weighted by molar-refractivity contribution is 0.0343. The second-order valence-electron chi connectivity index (χ2n) is 7.07. The number of hydrogen-bond acceptors (Lipinski definition) is 6. The summed E-state index contributed by atoms with van der Waals surface area (Å²) in [5, 5.41) is 13.2. The molecule has 25 heavy (non-hydrogen) atoms. The Morgan fingerprint density at radius 2 is 2.20 bits per heavy atom. The largest absolute Gasteiger partial charge is 0.449 e. The van der Waals surface area contributed by atoms with Crippen LogP contribution >= 0.6 is 11.8 Å². The maximum absolute atomic E-state index is 6.52. The van der Waals surface area contributed by atoms with E-state index in [0.717, 1.165) is 48.4 Å². The van der Waals surface area contributed by atoms with Gasteiger partial charge < -0.3 is 10.1 Å². The predicted octanol–water partition coefficient (Wildman–Crippen LogP) is 4.75. The third-order valence-electron chi connectivity index (χ3n) is 4.86. The first kappa shape index (κ1) is 16.6. The summed E-state index contributed by atoms with van der Waals surface area (Å²) in [7, 11) is 0. The number of para-hydroxylation sites is 1. The van der Waals surface area contributed by atoms with Crippen LogP contribution in [0.2, 0.25) is 0 Å². The SMILES string of the molecule is CCCSc1nnc2c(n1)O[C@]1(CCC[C@H](C)C1)Nc1ccccc1-2. The molecule has 132 valence electrons. The number of rotatable bonds is 3. The summed E-state index contributed by atoms with van der Waals surface area (Å²) in [6.45, 7) is 4.45. The molecule has 2 heterocycles. The maximum atomic E-state index is 6.52. The molecule has 4 rings (SSSR count). The minimum absolute atomic E-state index is 0.401. The van der Waals surface area contributed by atoms with Gasteiger partial charge in [-0.2, -0.15) is 4.98 Å². The molecular weight excluding hydrogens is 332 g/mol. The van der Waals surface area contributed by atoms with E-state index in [-0.39, 0.29) is 0 Å². The summed E-state index contributed by atoms with van der Waals surface area (Å²) < 4.78 is 6.52. The standard InChI is InChI=1S/C19H24N4OS/c1-3-11-25-18-20-17-16(22-23-18)14-8-4-5-9-15(14)21-19(24-17)10-6-7-13(2)12-19/h4-5,8-9,13,21H,3,6-7,10-12H2,1-2H3/t13-,19-/m0/s1. The van der Waals surface area contributed by atoms with Gasteiger partial charge in [0.25, 0.3) is 0 Å². The van der Waals surface area contributed by atoms with E-state index in [0.29, 0.717) is 17.0 Å². The zero-order chi connectivity index (χ0) is 17.3. The molecule has 0 unspecified atom stereocenters. The summed E-state index contributed by atoms with van der Waals surface area (Å²) in [5.74, 6) is 2.22. The smallest absolute Gasteiger partial charge is 0.247 e. The van der Waals surface area contributed by atoms with Gasteiger partial charge in [-0.05, 0) is 24.8 Å². The topological polar surface area (TPSA) is 59.9 Å². The fourth-order valence-corrected chi connectivity index (χ4v) is 4.39. The van der Waals surface area contributed by atoms with Crippen LogP contribution in [0.1, 0.15) is 46.0 Å². The third kappa shape index (κ3) is 3.32. The highest BCUT2D eigenvalue weighted by atomic mass is 32.2. The Labute approximate surface area is 153 Å². The molecule has 5 nitrogen and oxygen atoms in total. The molecule has 1 aromatic heterocycles. The lowest BCUT2D eigenvalue weighted by Gasteiger charge is -2.40. The van der Waals surface area contributed by atoms with Crippen molar-refractivity contribution in [2.75, 3.05) is 11.1 Å². The molecule has 1 fully saturated rings. The van der Waals surface area contributed by atoms with Crippen molar-refractivity contribution in [1.82, 2.24) is 15.2 Å². The molecule has 0 amide bonds. The number of ether oxygens (including phenoxy) is 1. The summed E-state index contributed by atoms with van der Waals surface area (Å²) in [4.78, 5) is 4.71. The molecule has 0 radical (unpaired) electrons. The molecule has 2 aromatic rings. The fraction of sp³-hybridized carbons (Fsp3) is 0.526. The quantitative estimate of drug-likeness (QED) is 0.801. The van der Waals surface area contributed by atoms with Crippen LogP contribution in [-0.2, 0) is 0 Å². The molecule has 1 aliphatic heterocycles. The van der Waals surface area contributed by atoms with E-state index in [4.69, 9.17) is 9.72 Å². The van der Waals surface area contributed by atoms with Gasteiger partial charge in [-0.25, -0.2) is 0 Å². The van der Waals surface area contributed by atoms with Gasteiger partial charge in [0.05, 0.1) is 0 Å². The Bertz CT molecular complexity index is 769. The molecule has 0 saturated heterocycles. The first-order valence-corrected chi connectivity index (χ1v) is 10.1. The van der Waals surface area contributed by atoms with Crippen molar-refractivity contribution in [3.63, 3.8) is 0 Å². The molecule has 2 atom stereocenters. The van der Waals surface area contributed by atoms with Crippen LogP contribution in [0, 0.1) is 5.92 Å². The van der Waals surface area contributed by atoms with Crippen LogP contribution in [-0.4, -0.2) is 26.7 Å². The van der Waals surface area contributed by atoms with Crippen molar-refractivity contribution in [3.8, 4) is 17.1 Å². The number of hydrogen-bond donors (Lipinski definition) is 1. The van der Waals surface area contributed by atoms with Crippen LogP contribution < -0.4 is 10.1 Å². The van der Waals surface area contributed by atoms with Gasteiger partial charge in [-0.15, -0.1) is 10.2 Å². The number of aromatic nitrogens is 3. The van der Waals surface area contributed by atoms with Gasteiger partial charge in [-0.1, -0.05) is 50.2 Å². The molecule has 0 bridgehead atoms. The highest BCUT2D eigenvalue weighted by Gasteiger charge is 2.41. The molecule has 1 aliphatic carbocycles. The van der Waals surface area contributed by atoms with Crippen molar-refractivity contribution < 1.29 is 4.74 Å². The van der Waals surface area contributed by atoms with Gasteiger partial charge in [0, 0.05) is 29.8 Å². The molecule has 1 spiro atoms. The Morgan fingerprint density at radius 1 is 1.32 bits per heavy atom. The summed E-state index contributed by atoms with van der Waals surface area (Å²) in [5.41, 5.74) is 2.40. The third-order valence-corrected chi connectivity index (χ3v) is 5.91. The van der Waals surface area contributed by atoms with Gasteiger partial charge in [0.1, 0.15) is 0 Å². The highest BCUT2D eigenvalue weighted by Crippen LogP contribution is 2.44. The first-order chi connectivity index (χ1) is 12.2. The van der Waals surface area contributed by atoms with Crippen molar-refractivity contribution in [1.29, 1.82) is 0 Å². The lowest BCUT2D eigenvalue weighted by Crippen LogP contribution is -2.47. The second-order valence-corrected chi connectivity index (χ2v) is 8.13. The monoisotopic (exact) mass is 356 g/mol. The van der Waals surface area contributed by atoms with E-state index < -0.39 is 5.72 Å². The van der Waals surface area contributed by atoms with Crippen molar-refractivity contribution in [2.24, 2.45) is 5.92 Å². The van der Waals surface area contributed by atoms with E-state index in [2.05, 4.69) is 41.5 Å². The van der Waals surface area contributed by atoms with Gasteiger partial charge in [-0.3, -0.25) is 0 Å². The zero-order valence-electron chi connectivity index (χ0n) is 14.8. The Hall–Kier alpha value is -1.82. The molecule has 2 aliphatic rings. The normalized spacial score (nSPS) is 24.6. The molecule has 1 N–H and O–H groups in total. The number of nitrogens with one attached hydrogen (secondary N) is 1. The van der Waals surface area contributed by atoms with Crippen molar-refractivity contribution in [2.45, 2.75) is 56.8 Å². The minimum atomic E-state index is -0.401. The summed E-state index contributed by atoms with van der Waals surface area (Å²) in [6.07, 6.45) is 5.44. The number of fused-ring (bicyclic) bond motifs is 3. The van der Waals surface area contributed by atoms with Gasteiger partial charge in [0.15, 0.2) is 11.4 Å². The highest BCUT2D eigenvalue weighted by molar-refractivity contribution is 7.99. The van der Waals surface area contributed by atoms with Crippen molar-refractivity contribution in [3.05, 3.63) is 24.3 Å².